The number of halogens is 1. The molecule has 174 valence electrons. The topological polar surface area (TPSA) is 132 Å². The molecule has 4 rings (SSSR count). The summed E-state index contributed by atoms with van der Waals surface area (Å²) in [5.74, 6) is -1.27. The van der Waals surface area contributed by atoms with Crippen molar-refractivity contribution in [2.45, 2.75) is 20.4 Å². The van der Waals surface area contributed by atoms with Gasteiger partial charge in [0, 0.05) is 18.8 Å². The highest BCUT2D eigenvalue weighted by atomic mass is 32.1. The number of rotatable bonds is 6. The third kappa shape index (κ3) is 4.62. The molecule has 4 aromatic rings. The Morgan fingerprint density at radius 3 is 2.53 bits per heavy atom. The number of hydrogen-bond donors (Lipinski definition) is 2. The minimum atomic E-state index is -0.860. The maximum Gasteiger partial charge on any atom is 0.333 e. The molecule has 0 unspecified atom stereocenters. The van der Waals surface area contributed by atoms with Crippen LogP contribution in [0.2, 0.25) is 0 Å². The first-order chi connectivity index (χ1) is 16.2. The Kier molecular flexibility index (Phi) is 6.32. The zero-order valence-corrected chi connectivity index (χ0v) is 19.0. The lowest BCUT2D eigenvalue weighted by Crippen LogP contribution is -2.40. The van der Waals surface area contributed by atoms with Gasteiger partial charge in [-0.1, -0.05) is 0 Å². The van der Waals surface area contributed by atoms with Crippen LogP contribution in [0.25, 0.3) is 16.3 Å². The molecule has 0 fully saturated rings. The van der Waals surface area contributed by atoms with E-state index in [4.69, 9.17) is 0 Å². The Hall–Kier alpha value is -4.19. The van der Waals surface area contributed by atoms with E-state index < -0.39 is 23.0 Å². The summed E-state index contributed by atoms with van der Waals surface area (Å²) in [6.07, 6.45) is 1.01. The van der Waals surface area contributed by atoms with Gasteiger partial charge in [-0.05, 0) is 44.2 Å². The first-order valence-corrected chi connectivity index (χ1v) is 11.0. The number of nitrogens with one attached hydrogen (secondary N) is 2. The molecular formula is C22H19FN6O4S. The molecule has 0 aliphatic carbocycles. The molecule has 0 atom stereocenters. The second-order valence-electron chi connectivity index (χ2n) is 7.31. The summed E-state index contributed by atoms with van der Waals surface area (Å²) in [6.45, 7) is 3.81. The lowest BCUT2D eigenvalue weighted by atomic mass is 10.2. The van der Waals surface area contributed by atoms with Crippen molar-refractivity contribution in [2.24, 2.45) is 0 Å². The van der Waals surface area contributed by atoms with Crippen molar-refractivity contribution < 1.29 is 9.18 Å². The predicted octanol–water partition coefficient (Wildman–Crippen LogP) is 1.39. The minimum Gasteiger partial charge on any atom is -0.350 e. The highest BCUT2D eigenvalue weighted by Crippen LogP contribution is 2.27. The smallest absolute Gasteiger partial charge is 0.333 e. The first-order valence-electron chi connectivity index (χ1n) is 10.2. The normalized spacial score (nSPS) is 10.9. The average molecular weight is 482 g/mol. The molecule has 3 aromatic heterocycles. The summed E-state index contributed by atoms with van der Waals surface area (Å²) in [5.41, 5.74) is -0.770. The van der Waals surface area contributed by atoms with Crippen molar-refractivity contribution in [2.75, 3.05) is 6.54 Å². The fourth-order valence-corrected chi connectivity index (χ4v) is 4.21. The predicted molar refractivity (Wildman–Crippen MR) is 124 cm³/mol. The summed E-state index contributed by atoms with van der Waals surface area (Å²) in [4.78, 5) is 57.3. The Morgan fingerprint density at radius 2 is 1.85 bits per heavy atom. The number of benzene rings is 1. The summed E-state index contributed by atoms with van der Waals surface area (Å²) in [6, 6.07) is 7.72. The highest BCUT2D eigenvalue weighted by molar-refractivity contribution is 7.15. The molecule has 0 aliphatic rings. The van der Waals surface area contributed by atoms with Crippen molar-refractivity contribution in [3.8, 4) is 16.3 Å². The van der Waals surface area contributed by atoms with E-state index in [1.807, 2.05) is 13.8 Å². The number of amides is 1. The van der Waals surface area contributed by atoms with Gasteiger partial charge in [0.25, 0.3) is 17.0 Å². The van der Waals surface area contributed by atoms with Gasteiger partial charge in [0.05, 0.1) is 27.8 Å². The van der Waals surface area contributed by atoms with Gasteiger partial charge in [0.15, 0.2) is 0 Å². The first kappa shape index (κ1) is 23.0. The quantitative estimate of drug-likeness (QED) is 0.427. The zero-order chi connectivity index (χ0) is 24.4. The van der Waals surface area contributed by atoms with Gasteiger partial charge in [-0.2, -0.15) is 5.10 Å². The monoisotopic (exact) mass is 482 g/mol. The van der Waals surface area contributed by atoms with Crippen LogP contribution < -0.4 is 22.1 Å². The number of carbonyl (C=O) groups is 1. The maximum absolute atomic E-state index is 13.2. The molecule has 0 bridgehead atoms. The van der Waals surface area contributed by atoms with Crippen molar-refractivity contribution in [1.82, 2.24) is 29.6 Å². The summed E-state index contributed by atoms with van der Waals surface area (Å²) in [5, 5.41) is 7.79. The molecule has 34 heavy (non-hydrogen) atoms. The van der Waals surface area contributed by atoms with Gasteiger partial charge < -0.3 is 10.3 Å². The number of carbonyl (C=O) groups excluding carboxylic acids is 1. The van der Waals surface area contributed by atoms with Crippen molar-refractivity contribution in [3.63, 3.8) is 0 Å². The van der Waals surface area contributed by atoms with Gasteiger partial charge >= 0.3 is 5.69 Å². The number of thiazole rings is 1. The van der Waals surface area contributed by atoms with Crippen LogP contribution in [0.15, 0.2) is 57.0 Å². The standard InChI is InChI=1S/C22H19FN6O4S/c1-12-19(34-13(2)26-12)17-7-8-18(30)28(27-17)10-9-24-20(31)16-11-25-22(33)29(21(16)32)15-5-3-14(23)4-6-15/h3-8,11H,9-10H2,1-2H3,(H,24,31)(H,25,33). The second-order valence-corrected chi connectivity index (χ2v) is 8.51. The van der Waals surface area contributed by atoms with Crippen LogP contribution in [0.1, 0.15) is 21.1 Å². The fourth-order valence-electron chi connectivity index (χ4n) is 3.33. The molecule has 10 nitrogen and oxygen atoms in total. The molecule has 0 aliphatic heterocycles. The third-order valence-electron chi connectivity index (χ3n) is 4.92. The van der Waals surface area contributed by atoms with Crippen LogP contribution in [-0.4, -0.2) is 36.8 Å². The molecule has 1 amide bonds. The van der Waals surface area contributed by atoms with E-state index in [1.54, 1.807) is 6.07 Å². The van der Waals surface area contributed by atoms with E-state index in [2.05, 4.69) is 20.4 Å². The summed E-state index contributed by atoms with van der Waals surface area (Å²) in [7, 11) is 0. The van der Waals surface area contributed by atoms with Gasteiger partial charge in [0.2, 0.25) is 0 Å². The number of aromatic amines is 1. The number of H-pyrrole nitrogens is 1. The van der Waals surface area contributed by atoms with Gasteiger partial charge in [-0.3, -0.25) is 14.4 Å². The summed E-state index contributed by atoms with van der Waals surface area (Å²) >= 11 is 1.47. The van der Waals surface area contributed by atoms with Gasteiger partial charge in [-0.25, -0.2) is 23.4 Å². The van der Waals surface area contributed by atoms with Crippen molar-refractivity contribution >= 4 is 17.2 Å². The number of aryl methyl sites for hydroxylation is 2. The Labute approximate surface area is 195 Å². The van der Waals surface area contributed by atoms with Crippen molar-refractivity contribution in [3.05, 3.63) is 95.9 Å². The van der Waals surface area contributed by atoms with Crippen LogP contribution in [0.5, 0.6) is 0 Å². The van der Waals surface area contributed by atoms with Crippen LogP contribution in [0.4, 0.5) is 4.39 Å². The van der Waals surface area contributed by atoms with E-state index in [-0.39, 0.29) is 29.9 Å². The van der Waals surface area contributed by atoms with E-state index >= 15 is 0 Å². The fraction of sp³-hybridized carbons (Fsp3) is 0.182. The lowest BCUT2D eigenvalue weighted by Gasteiger charge is -2.09. The highest BCUT2D eigenvalue weighted by Gasteiger charge is 2.16. The van der Waals surface area contributed by atoms with Crippen molar-refractivity contribution in [1.29, 1.82) is 0 Å². The number of nitrogens with zero attached hydrogens (tertiary/aromatic N) is 4. The zero-order valence-electron chi connectivity index (χ0n) is 18.2. The summed E-state index contributed by atoms with van der Waals surface area (Å²) < 4.78 is 15.1. The number of aromatic nitrogens is 5. The molecule has 3 heterocycles. The Balaban J connectivity index is 1.52. The Bertz CT molecular complexity index is 1550. The SMILES string of the molecule is Cc1nc(C)c(-c2ccc(=O)n(CCNC(=O)c3c[nH]c(=O)n(-c4ccc(F)cc4)c3=O)n2)s1. The Morgan fingerprint density at radius 1 is 1.12 bits per heavy atom. The largest absolute Gasteiger partial charge is 0.350 e. The van der Waals surface area contributed by atoms with Crippen LogP contribution in [-0.2, 0) is 6.54 Å². The average Bonchev–Trinajstić information content (AvgIpc) is 3.14. The molecule has 2 N–H and O–H groups in total. The molecule has 0 saturated carbocycles. The minimum absolute atomic E-state index is 0.00497. The van der Waals surface area contributed by atoms with Gasteiger partial charge in [0.1, 0.15) is 17.1 Å². The van der Waals surface area contributed by atoms with Crippen LogP contribution in [0, 0.1) is 19.7 Å². The molecular weight excluding hydrogens is 463 g/mol. The maximum atomic E-state index is 13.2. The lowest BCUT2D eigenvalue weighted by molar-refractivity contribution is 0.0949. The molecule has 0 spiro atoms. The van der Waals surface area contributed by atoms with Gasteiger partial charge in [-0.15, -0.1) is 11.3 Å². The molecule has 1 aromatic carbocycles. The number of hydrogen-bond acceptors (Lipinski definition) is 7. The van der Waals surface area contributed by atoms with Crippen LogP contribution >= 0.6 is 11.3 Å². The second kappa shape index (κ2) is 9.35. The van der Waals surface area contributed by atoms with E-state index in [0.29, 0.717) is 5.69 Å². The van der Waals surface area contributed by atoms with E-state index in [9.17, 15) is 23.6 Å². The van der Waals surface area contributed by atoms with Crippen LogP contribution in [0.3, 0.4) is 0 Å². The third-order valence-corrected chi connectivity index (χ3v) is 6.01. The molecule has 0 radical (unpaired) electrons. The molecule has 0 saturated heterocycles. The van der Waals surface area contributed by atoms with E-state index in [1.165, 1.54) is 34.2 Å². The van der Waals surface area contributed by atoms with E-state index in [0.717, 1.165) is 38.5 Å². The molecule has 12 heteroatoms.